The summed E-state index contributed by atoms with van der Waals surface area (Å²) in [6, 6.07) is 6.42. The van der Waals surface area contributed by atoms with E-state index in [2.05, 4.69) is 10.6 Å². The van der Waals surface area contributed by atoms with Crippen molar-refractivity contribution in [1.82, 2.24) is 10.2 Å². The summed E-state index contributed by atoms with van der Waals surface area (Å²) in [5.74, 6) is -0.0621. The number of carbonyl (C=O) groups is 2. The van der Waals surface area contributed by atoms with E-state index in [1.807, 2.05) is 20.8 Å². The molecule has 0 saturated heterocycles. The SMILES string of the molecule is CCN(CC)C(=O)c1cccc(NC(=O)NC[C@@](C)(O)CC)c1. The minimum atomic E-state index is -0.933. The first-order chi connectivity index (χ1) is 10.8. The lowest BCUT2D eigenvalue weighted by atomic mass is 10.0. The fourth-order valence-electron chi connectivity index (χ4n) is 1.99. The average molecular weight is 321 g/mol. The molecule has 1 aromatic carbocycles. The van der Waals surface area contributed by atoms with Crippen LogP contribution >= 0.6 is 0 Å². The van der Waals surface area contributed by atoms with Crippen LogP contribution in [-0.4, -0.2) is 47.2 Å². The molecule has 1 aromatic rings. The maximum absolute atomic E-state index is 12.3. The van der Waals surface area contributed by atoms with Gasteiger partial charge in [-0.3, -0.25) is 4.79 Å². The van der Waals surface area contributed by atoms with Gasteiger partial charge in [-0.1, -0.05) is 13.0 Å². The van der Waals surface area contributed by atoms with Gasteiger partial charge >= 0.3 is 6.03 Å². The number of anilines is 1. The van der Waals surface area contributed by atoms with Gasteiger partial charge < -0.3 is 20.6 Å². The molecule has 0 bridgehead atoms. The zero-order valence-electron chi connectivity index (χ0n) is 14.3. The molecule has 0 unspecified atom stereocenters. The van der Waals surface area contributed by atoms with Gasteiger partial charge in [-0.2, -0.15) is 0 Å². The van der Waals surface area contributed by atoms with Crippen molar-refractivity contribution in [2.75, 3.05) is 25.0 Å². The molecular formula is C17H27N3O3. The molecule has 6 nitrogen and oxygen atoms in total. The molecule has 0 fully saturated rings. The monoisotopic (exact) mass is 321 g/mol. The van der Waals surface area contributed by atoms with Crippen LogP contribution in [0, 0.1) is 0 Å². The first kappa shape index (κ1) is 19.0. The second-order valence-electron chi connectivity index (χ2n) is 5.72. The Balaban J connectivity index is 2.70. The number of hydrogen-bond donors (Lipinski definition) is 3. The van der Waals surface area contributed by atoms with Crippen LogP contribution in [0.3, 0.4) is 0 Å². The number of amides is 3. The minimum absolute atomic E-state index is 0.0621. The topological polar surface area (TPSA) is 81.7 Å². The number of carbonyl (C=O) groups excluding carboxylic acids is 2. The molecule has 1 rings (SSSR count). The lowest BCUT2D eigenvalue weighted by Crippen LogP contribution is -2.41. The molecule has 128 valence electrons. The Labute approximate surface area is 137 Å². The van der Waals surface area contributed by atoms with Gasteiger partial charge in [0.15, 0.2) is 0 Å². The van der Waals surface area contributed by atoms with Gasteiger partial charge in [-0.25, -0.2) is 4.79 Å². The Morgan fingerprint density at radius 3 is 2.43 bits per heavy atom. The molecule has 0 spiro atoms. The van der Waals surface area contributed by atoms with Crippen LogP contribution in [0.15, 0.2) is 24.3 Å². The molecule has 0 aliphatic heterocycles. The summed E-state index contributed by atoms with van der Waals surface area (Å²) < 4.78 is 0. The highest BCUT2D eigenvalue weighted by atomic mass is 16.3. The number of nitrogens with one attached hydrogen (secondary N) is 2. The number of benzene rings is 1. The summed E-state index contributed by atoms with van der Waals surface area (Å²) in [7, 11) is 0. The Morgan fingerprint density at radius 2 is 1.87 bits per heavy atom. The summed E-state index contributed by atoms with van der Waals surface area (Å²) in [5.41, 5.74) is 0.140. The number of nitrogens with zero attached hydrogens (tertiary/aromatic N) is 1. The predicted molar refractivity (Wildman–Crippen MR) is 91.6 cm³/mol. The van der Waals surface area contributed by atoms with Crippen molar-refractivity contribution in [3.8, 4) is 0 Å². The van der Waals surface area contributed by atoms with E-state index in [1.165, 1.54) is 0 Å². The van der Waals surface area contributed by atoms with E-state index < -0.39 is 11.6 Å². The number of aliphatic hydroxyl groups is 1. The highest BCUT2D eigenvalue weighted by Gasteiger charge is 2.18. The Kier molecular flexibility index (Phi) is 7.03. The molecule has 0 aliphatic rings. The molecule has 23 heavy (non-hydrogen) atoms. The molecule has 0 aliphatic carbocycles. The summed E-state index contributed by atoms with van der Waals surface area (Å²) in [5, 5.41) is 15.2. The molecule has 1 atom stereocenters. The highest BCUT2D eigenvalue weighted by Crippen LogP contribution is 2.13. The summed E-state index contributed by atoms with van der Waals surface area (Å²) >= 11 is 0. The van der Waals surface area contributed by atoms with Crippen molar-refractivity contribution in [3.63, 3.8) is 0 Å². The van der Waals surface area contributed by atoms with Gasteiger partial charge in [0.05, 0.1) is 5.60 Å². The van der Waals surface area contributed by atoms with Crippen molar-refractivity contribution < 1.29 is 14.7 Å². The number of urea groups is 1. The zero-order chi connectivity index (χ0) is 17.5. The number of rotatable bonds is 7. The van der Waals surface area contributed by atoms with Crippen LogP contribution in [0.2, 0.25) is 0 Å². The zero-order valence-corrected chi connectivity index (χ0v) is 14.3. The molecule has 6 heteroatoms. The van der Waals surface area contributed by atoms with Crippen molar-refractivity contribution in [3.05, 3.63) is 29.8 Å². The van der Waals surface area contributed by atoms with Crippen LogP contribution in [0.4, 0.5) is 10.5 Å². The Morgan fingerprint density at radius 1 is 1.22 bits per heavy atom. The third-order valence-electron chi connectivity index (χ3n) is 3.81. The molecule has 0 saturated carbocycles. The second kappa shape index (κ2) is 8.53. The fourth-order valence-corrected chi connectivity index (χ4v) is 1.99. The van der Waals surface area contributed by atoms with E-state index in [1.54, 1.807) is 36.1 Å². The minimum Gasteiger partial charge on any atom is -0.388 e. The van der Waals surface area contributed by atoms with Crippen molar-refractivity contribution in [2.24, 2.45) is 0 Å². The van der Waals surface area contributed by atoms with E-state index >= 15 is 0 Å². The van der Waals surface area contributed by atoms with Crippen LogP contribution < -0.4 is 10.6 Å². The maximum Gasteiger partial charge on any atom is 0.319 e. The highest BCUT2D eigenvalue weighted by molar-refractivity contribution is 5.96. The summed E-state index contributed by atoms with van der Waals surface area (Å²) in [4.78, 5) is 25.9. The fraction of sp³-hybridized carbons (Fsp3) is 0.529. The van der Waals surface area contributed by atoms with E-state index in [-0.39, 0.29) is 12.5 Å². The van der Waals surface area contributed by atoms with Gasteiger partial charge in [0, 0.05) is 30.9 Å². The lowest BCUT2D eigenvalue weighted by Gasteiger charge is -2.22. The summed E-state index contributed by atoms with van der Waals surface area (Å²) in [6.07, 6.45) is 0.543. The predicted octanol–water partition coefficient (Wildman–Crippen LogP) is 2.45. The van der Waals surface area contributed by atoms with Gasteiger partial charge in [-0.15, -0.1) is 0 Å². The average Bonchev–Trinajstić information content (AvgIpc) is 2.54. The quantitative estimate of drug-likeness (QED) is 0.721. The van der Waals surface area contributed by atoms with Gasteiger partial charge in [0.1, 0.15) is 0 Å². The second-order valence-corrected chi connectivity index (χ2v) is 5.72. The van der Waals surface area contributed by atoms with Crippen molar-refractivity contribution >= 4 is 17.6 Å². The molecule has 0 heterocycles. The van der Waals surface area contributed by atoms with Crippen molar-refractivity contribution in [2.45, 2.75) is 39.7 Å². The normalized spacial score (nSPS) is 13.1. The number of hydrogen-bond acceptors (Lipinski definition) is 3. The van der Waals surface area contributed by atoms with E-state index in [0.29, 0.717) is 30.8 Å². The van der Waals surface area contributed by atoms with E-state index in [0.717, 1.165) is 0 Å². The molecule has 3 amide bonds. The van der Waals surface area contributed by atoms with Crippen LogP contribution in [0.1, 0.15) is 44.5 Å². The maximum atomic E-state index is 12.3. The first-order valence-electron chi connectivity index (χ1n) is 7.99. The molecule has 0 radical (unpaired) electrons. The van der Waals surface area contributed by atoms with Gasteiger partial charge in [-0.05, 0) is 45.4 Å². The van der Waals surface area contributed by atoms with Crippen LogP contribution in [0.5, 0.6) is 0 Å². The smallest absolute Gasteiger partial charge is 0.319 e. The van der Waals surface area contributed by atoms with Crippen LogP contribution in [0.25, 0.3) is 0 Å². The standard InChI is InChI=1S/C17H27N3O3/c1-5-17(4,23)12-18-16(22)19-14-10-8-9-13(11-14)15(21)20(6-2)7-3/h8-11,23H,5-7,12H2,1-4H3,(H2,18,19,22)/t17-/m0/s1. The first-order valence-corrected chi connectivity index (χ1v) is 7.99. The van der Waals surface area contributed by atoms with Gasteiger partial charge in [0.25, 0.3) is 5.91 Å². The van der Waals surface area contributed by atoms with E-state index in [4.69, 9.17) is 0 Å². The summed E-state index contributed by atoms with van der Waals surface area (Å²) in [6.45, 7) is 8.80. The van der Waals surface area contributed by atoms with Crippen LogP contribution in [-0.2, 0) is 0 Å². The molecular weight excluding hydrogens is 294 g/mol. The third-order valence-corrected chi connectivity index (χ3v) is 3.81. The third kappa shape index (κ3) is 5.90. The largest absolute Gasteiger partial charge is 0.388 e. The molecule has 0 aromatic heterocycles. The Bertz CT molecular complexity index is 540. The van der Waals surface area contributed by atoms with E-state index in [9.17, 15) is 14.7 Å². The lowest BCUT2D eigenvalue weighted by molar-refractivity contribution is 0.0587. The van der Waals surface area contributed by atoms with Gasteiger partial charge in [0.2, 0.25) is 0 Å². The van der Waals surface area contributed by atoms with Crippen molar-refractivity contribution in [1.29, 1.82) is 0 Å². The Hall–Kier alpha value is -2.08. The molecule has 3 N–H and O–H groups in total.